The van der Waals surface area contributed by atoms with Crippen molar-refractivity contribution in [1.82, 2.24) is 9.97 Å². The summed E-state index contributed by atoms with van der Waals surface area (Å²) in [5.41, 5.74) is 7.53. The third kappa shape index (κ3) is 3.25. The summed E-state index contributed by atoms with van der Waals surface area (Å²) in [5, 5.41) is 0.776. The maximum Gasteiger partial charge on any atom is 0.147 e. The van der Waals surface area contributed by atoms with E-state index in [1.807, 2.05) is 18.2 Å². The third-order valence-electron chi connectivity index (χ3n) is 3.68. The average molecular weight is 304 g/mol. The SMILES string of the molecule is NCc1cnc(N2CCN(c3cccc(Cl)c3)CC2)cn1. The van der Waals surface area contributed by atoms with Crippen LogP contribution < -0.4 is 15.5 Å². The lowest BCUT2D eigenvalue weighted by molar-refractivity contribution is 0.645. The summed E-state index contributed by atoms with van der Waals surface area (Å²) in [4.78, 5) is 13.3. The van der Waals surface area contributed by atoms with Crippen molar-refractivity contribution in [2.24, 2.45) is 5.73 Å². The Kier molecular flexibility index (Phi) is 4.22. The van der Waals surface area contributed by atoms with E-state index in [2.05, 4.69) is 25.8 Å². The van der Waals surface area contributed by atoms with E-state index in [9.17, 15) is 0 Å². The number of hydrogen-bond acceptors (Lipinski definition) is 5. The van der Waals surface area contributed by atoms with Crippen molar-refractivity contribution >= 4 is 23.1 Å². The molecule has 0 amide bonds. The standard InChI is InChI=1S/C15H18ClN5/c16-12-2-1-3-14(8-12)20-4-6-21(7-5-20)15-11-18-13(9-17)10-19-15/h1-3,8,10-11H,4-7,9,17H2. The van der Waals surface area contributed by atoms with Crippen LogP contribution in [0.25, 0.3) is 0 Å². The predicted octanol–water partition coefficient (Wildman–Crippen LogP) is 1.92. The Morgan fingerprint density at radius 2 is 1.81 bits per heavy atom. The highest BCUT2D eigenvalue weighted by molar-refractivity contribution is 6.30. The molecule has 0 radical (unpaired) electrons. The van der Waals surface area contributed by atoms with Crippen LogP contribution in [0.15, 0.2) is 36.7 Å². The molecule has 1 aliphatic heterocycles. The molecular weight excluding hydrogens is 286 g/mol. The van der Waals surface area contributed by atoms with Gasteiger partial charge in [0.05, 0.1) is 18.1 Å². The van der Waals surface area contributed by atoms with Crippen LogP contribution in [0.1, 0.15) is 5.69 Å². The van der Waals surface area contributed by atoms with Crippen LogP contribution >= 0.6 is 11.6 Å². The van der Waals surface area contributed by atoms with Gasteiger partial charge >= 0.3 is 0 Å². The molecule has 1 aromatic carbocycles. The van der Waals surface area contributed by atoms with Gasteiger partial charge in [-0.2, -0.15) is 0 Å². The van der Waals surface area contributed by atoms with Crippen LogP contribution in [-0.4, -0.2) is 36.1 Å². The lowest BCUT2D eigenvalue weighted by Gasteiger charge is -2.36. The number of nitrogens with two attached hydrogens (primary N) is 1. The quantitative estimate of drug-likeness (QED) is 0.939. The molecule has 0 bridgehead atoms. The van der Waals surface area contributed by atoms with Crippen molar-refractivity contribution in [2.45, 2.75) is 6.54 Å². The van der Waals surface area contributed by atoms with Crippen LogP contribution in [0.5, 0.6) is 0 Å². The van der Waals surface area contributed by atoms with Gasteiger partial charge in [-0.3, -0.25) is 4.98 Å². The Morgan fingerprint density at radius 3 is 2.43 bits per heavy atom. The third-order valence-corrected chi connectivity index (χ3v) is 3.91. The molecule has 0 atom stereocenters. The van der Waals surface area contributed by atoms with Crippen molar-refractivity contribution in [3.05, 3.63) is 47.4 Å². The molecule has 0 unspecified atom stereocenters. The fourth-order valence-corrected chi connectivity index (χ4v) is 2.67. The Morgan fingerprint density at radius 1 is 1.05 bits per heavy atom. The van der Waals surface area contributed by atoms with Crippen molar-refractivity contribution in [2.75, 3.05) is 36.0 Å². The van der Waals surface area contributed by atoms with Gasteiger partial charge in [0.2, 0.25) is 0 Å². The first-order valence-corrected chi connectivity index (χ1v) is 7.40. The van der Waals surface area contributed by atoms with Gasteiger partial charge in [-0.05, 0) is 18.2 Å². The van der Waals surface area contributed by atoms with E-state index < -0.39 is 0 Å². The van der Waals surface area contributed by atoms with Crippen molar-refractivity contribution < 1.29 is 0 Å². The van der Waals surface area contributed by atoms with Crippen LogP contribution in [0.3, 0.4) is 0 Å². The number of nitrogens with zero attached hydrogens (tertiary/aromatic N) is 4. The molecule has 2 aromatic rings. The highest BCUT2D eigenvalue weighted by Gasteiger charge is 2.18. The van der Waals surface area contributed by atoms with Crippen LogP contribution in [0.4, 0.5) is 11.5 Å². The first kappa shape index (κ1) is 14.1. The van der Waals surface area contributed by atoms with E-state index in [-0.39, 0.29) is 0 Å². The smallest absolute Gasteiger partial charge is 0.147 e. The van der Waals surface area contributed by atoms with E-state index in [1.54, 1.807) is 12.4 Å². The molecule has 2 N–H and O–H groups in total. The van der Waals surface area contributed by atoms with Gasteiger partial charge < -0.3 is 15.5 Å². The van der Waals surface area contributed by atoms with E-state index >= 15 is 0 Å². The number of hydrogen-bond donors (Lipinski definition) is 1. The van der Waals surface area contributed by atoms with Gasteiger partial charge in [-0.1, -0.05) is 17.7 Å². The minimum Gasteiger partial charge on any atom is -0.368 e. The second kappa shape index (κ2) is 6.28. The predicted molar refractivity (Wildman–Crippen MR) is 85.8 cm³/mol. The summed E-state index contributed by atoms with van der Waals surface area (Å²) in [5.74, 6) is 0.915. The molecular formula is C15H18ClN5. The van der Waals surface area contributed by atoms with Gasteiger partial charge in [0, 0.05) is 43.4 Å². The van der Waals surface area contributed by atoms with Crippen LogP contribution in [-0.2, 0) is 6.54 Å². The number of halogens is 1. The Hall–Kier alpha value is -1.85. The first-order valence-electron chi connectivity index (χ1n) is 7.03. The first-order chi connectivity index (χ1) is 10.3. The van der Waals surface area contributed by atoms with Crippen molar-refractivity contribution in [3.63, 3.8) is 0 Å². The molecule has 21 heavy (non-hydrogen) atoms. The zero-order valence-corrected chi connectivity index (χ0v) is 12.5. The summed E-state index contributed by atoms with van der Waals surface area (Å²) < 4.78 is 0. The molecule has 0 spiro atoms. The van der Waals surface area contributed by atoms with Gasteiger partial charge in [-0.15, -0.1) is 0 Å². The zero-order valence-electron chi connectivity index (χ0n) is 11.7. The number of piperazine rings is 1. The van der Waals surface area contributed by atoms with Crippen molar-refractivity contribution in [1.29, 1.82) is 0 Å². The van der Waals surface area contributed by atoms with E-state index in [0.29, 0.717) is 6.54 Å². The Balaban J connectivity index is 1.64. The highest BCUT2D eigenvalue weighted by Crippen LogP contribution is 2.22. The maximum atomic E-state index is 6.05. The minimum atomic E-state index is 0.426. The Bertz CT molecular complexity index is 593. The summed E-state index contributed by atoms with van der Waals surface area (Å²) in [6, 6.07) is 7.99. The van der Waals surface area contributed by atoms with Gasteiger partial charge in [0.1, 0.15) is 5.82 Å². The largest absolute Gasteiger partial charge is 0.368 e. The van der Waals surface area contributed by atoms with E-state index in [4.69, 9.17) is 17.3 Å². The highest BCUT2D eigenvalue weighted by atomic mass is 35.5. The normalized spacial score (nSPS) is 15.3. The van der Waals surface area contributed by atoms with Gasteiger partial charge in [-0.25, -0.2) is 4.98 Å². The molecule has 1 saturated heterocycles. The minimum absolute atomic E-state index is 0.426. The summed E-state index contributed by atoms with van der Waals surface area (Å²) >= 11 is 6.05. The Labute approximate surface area is 129 Å². The monoisotopic (exact) mass is 303 g/mol. The average Bonchev–Trinajstić information content (AvgIpc) is 2.55. The molecule has 5 nitrogen and oxygen atoms in total. The van der Waals surface area contributed by atoms with Gasteiger partial charge in [0.25, 0.3) is 0 Å². The lowest BCUT2D eigenvalue weighted by atomic mass is 10.2. The summed E-state index contributed by atoms with van der Waals surface area (Å²) in [6.07, 6.45) is 3.55. The molecule has 6 heteroatoms. The summed E-state index contributed by atoms with van der Waals surface area (Å²) in [6.45, 7) is 4.16. The van der Waals surface area contributed by atoms with Crippen LogP contribution in [0.2, 0.25) is 5.02 Å². The number of anilines is 2. The van der Waals surface area contributed by atoms with Crippen LogP contribution in [0, 0.1) is 0 Å². The van der Waals surface area contributed by atoms with E-state index in [0.717, 1.165) is 42.7 Å². The maximum absolute atomic E-state index is 6.05. The van der Waals surface area contributed by atoms with Crippen molar-refractivity contribution in [3.8, 4) is 0 Å². The number of aromatic nitrogens is 2. The second-order valence-electron chi connectivity index (χ2n) is 5.02. The molecule has 0 saturated carbocycles. The zero-order chi connectivity index (χ0) is 14.7. The molecule has 3 rings (SSSR count). The molecule has 110 valence electrons. The van der Waals surface area contributed by atoms with Gasteiger partial charge in [0.15, 0.2) is 0 Å². The second-order valence-corrected chi connectivity index (χ2v) is 5.46. The van der Waals surface area contributed by atoms with E-state index in [1.165, 1.54) is 5.69 Å². The fraction of sp³-hybridized carbons (Fsp3) is 0.333. The molecule has 1 fully saturated rings. The molecule has 1 aliphatic rings. The molecule has 1 aromatic heterocycles. The molecule has 0 aliphatic carbocycles. The number of benzene rings is 1. The summed E-state index contributed by atoms with van der Waals surface area (Å²) in [7, 11) is 0. The molecule has 2 heterocycles. The fourth-order valence-electron chi connectivity index (χ4n) is 2.48. The topological polar surface area (TPSA) is 58.3 Å². The lowest BCUT2D eigenvalue weighted by Crippen LogP contribution is -2.46. The number of rotatable bonds is 3.